The summed E-state index contributed by atoms with van der Waals surface area (Å²) in [6.45, 7) is 6.65. The maximum Gasteiger partial charge on any atom is 0.225 e. The van der Waals surface area contributed by atoms with Gasteiger partial charge >= 0.3 is 0 Å². The predicted molar refractivity (Wildman–Crippen MR) is 61.3 cm³/mol. The number of anilines is 1. The Bertz CT molecular complexity index is 360. The lowest BCUT2D eigenvalue weighted by Crippen LogP contribution is -2.13. The van der Waals surface area contributed by atoms with Crippen molar-refractivity contribution in [3.8, 4) is 0 Å². The second kappa shape index (κ2) is 5.16. The number of hydrogen-bond acceptors (Lipinski definition) is 2. The number of amides is 1. The third-order valence-corrected chi connectivity index (χ3v) is 2.46. The van der Waals surface area contributed by atoms with Crippen LogP contribution in [0.2, 0.25) is 0 Å². The van der Waals surface area contributed by atoms with E-state index >= 15 is 0 Å². The molecule has 0 fully saturated rings. The summed E-state index contributed by atoms with van der Waals surface area (Å²) in [6.07, 6.45) is 0.331. The molecule has 1 N–H and O–H groups in total. The van der Waals surface area contributed by atoms with E-state index in [1.807, 2.05) is 25.5 Å². The minimum absolute atomic E-state index is 0.0631. The van der Waals surface area contributed by atoms with Crippen LogP contribution in [0.3, 0.4) is 0 Å². The van der Waals surface area contributed by atoms with E-state index in [9.17, 15) is 4.79 Å². The monoisotopic (exact) mass is 229 g/mol. The molecule has 0 saturated carbocycles. The summed E-state index contributed by atoms with van der Waals surface area (Å²) in [6, 6.07) is 0. The van der Waals surface area contributed by atoms with Gasteiger partial charge in [-0.05, 0) is 20.8 Å². The van der Waals surface area contributed by atoms with Crippen molar-refractivity contribution in [1.82, 2.24) is 9.78 Å². The maximum atomic E-state index is 11.4. The van der Waals surface area contributed by atoms with Crippen molar-refractivity contribution in [2.24, 2.45) is 0 Å². The van der Waals surface area contributed by atoms with Crippen LogP contribution in [0.4, 0.5) is 5.69 Å². The summed E-state index contributed by atoms with van der Waals surface area (Å²) in [5, 5.41) is 7.14. The highest BCUT2D eigenvalue weighted by molar-refractivity contribution is 6.19. The number of carbonyl (C=O) groups is 1. The highest BCUT2D eigenvalue weighted by Crippen LogP contribution is 2.19. The van der Waals surface area contributed by atoms with Gasteiger partial charge in [-0.1, -0.05) is 0 Å². The maximum absolute atomic E-state index is 11.4. The molecular weight excluding hydrogens is 214 g/mol. The lowest BCUT2D eigenvalue weighted by atomic mass is 10.3. The average molecular weight is 230 g/mol. The number of aromatic nitrogens is 2. The molecule has 1 aromatic rings. The van der Waals surface area contributed by atoms with Gasteiger partial charge in [0.1, 0.15) is 0 Å². The molecule has 0 spiro atoms. The summed E-state index contributed by atoms with van der Waals surface area (Å²) >= 11 is 5.49. The molecule has 5 heteroatoms. The van der Waals surface area contributed by atoms with Crippen LogP contribution in [0.5, 0.6) is 0 Å². The zero-order valence-electron chi connectivity index (χ0n) is 9.30. The molecule has 1 heterocycles. The minimum Gasteiger partial charge on any atom is -0.323 e. The molecule has 0 aromatic carbocycles. The van der Waals surface area contributed by atoms with Gasteiger partial charge in [-0.25, -0.2) is 0 Å². The number of aryl methyl sites for hydroxylation is 2. The Hall–Kier alpha value is -1.03. The summed E-state index contributed by atoms with van der Waals surface area (Å²) in [4.78, 5) is 11.4. The van der Waals surface area contributed by atoms with Gasteiger partial charge in [-0.2, -0.15) is 5.10 Å². The molecule has 0 aliphatic heterocycles. The Morgan fingerprint density at radius 2 is 2.20 bits per heavy atom. The molecule has 84 valence electrons. The SMILES string of the molecule is CCn1nc(C)c(NC(=O)CCCl)c1C. The summed E-state index contributed by atoms with van der Waals surface area (Å²) in [5.41, 5.74) is 2.64. The van der Waals surface area contributed by atoms with Crippen LogP contribution in [-0.4, -0.2) is 21.6 Å². The van der Waals surface area contributed by atoms with E-state index in [1.165, 1.54) is 0 Å². The van der Waals surface area contributed by atoms with E-state index in [0.29, 0.717) is 12.3 Å². The molecule has 4 nitrogen and oxygen atoms in total. The van der Waals surface area contributed by atoms with Crippen LogP contribution in [0, 0.1) is 13.8 Å². The topological polar surface area (TPSA) is 46.9 Å². The van der Waals surface area contributed by atoms with Crippen molar-refractivity contribution in [3.05, 3.63) is 11.4 Å². The van der Waals surface area contributed by atoms with Gasteiger partial charge in [0.2, 0.25) is 5.91 Å². The van der Waals surface area contributed by atoms with Gasteiger partial charge in [0.15, 0.2) is 0 Å². The first kappa shape index (κ1) is 12.0. The first-order valence-corrected chi connectivity index (χ1v) is 5.53. The summed E-state index contributed by atoms with van der Waals surface area (Å²) in [5.74, 6) is 0.276. The Morgan fingerprint density at radius 3 is 2.67 bits per heavy atom. The second-order valence-corrected chi connectivity index (χ2v) is 3.73. The largest absolute Gasteiger partial charge is 0.323 e. The fourth-order valence-electron chi connectivity index (χ4n) is 1.47. The van der Waals surface area contributed by atoms with Gasteiger partial charge in [-0.15, -0.1) is 11.6 Å². The normalized spacial score (nSPS) is 10.4. The van der Waals surface area contributed by atoms with Crippen LogP contribution in [0.25, 0.3) is 0 Å². The second-order valence-electron chi connectivity index (χ2n) is 3.35. The van der Waals surface area contributed by atoms with Gasteiger partial charge in [0.25, 0.3) is 0 Å². The van der Waals surface area contributed by atoms with Gasteiger partial charge in [0, 0.05) is 18.8 Å². The van der Waals surface area contributed by atoms with Crippen molar-refractivity contribution >= 4 is 23.2 Å². The highest BCUT2D eigenvalue weighted by atomic mass is 35.5. The number of nitrogens with one attached hydrogen (secondary N) is 1. The highest BCUT2D eigenvalue weighted by Gasteiger charge is 2.12. The fourth-order valence-corrected chi connectivity index (χ4v) is 1.65. The van der Waals surface area contributed by atoms with E-state index in [4.69, 9.17) is 11.6 Å². The standard InChI is InChI=1S/C10H16ClN3O/c1-4-14-8(3)10(7(2)13-14)12-9(15)5-6-11/h4-6H2,1-3H3,(H,12,15). The average Bonchev–Trinajstić information content (AvgIpc) is 2.45. The smallest absolute Gasteiger partial charge is 0.225 e. The summed E-state index contributed by atoms with van der Waals surface area (Å²) < 4.78 is 1.87. The lowest BCUT2D eigenvalue weighted by molar-refractivity contribution is -0.115. The van der Waals surface area contributed by atoms with Crippen LogP contribution in [0.15, 0.2) is 0 Å². The van der Waals surface area contributed by atoms with Crippen molar-refractivity contribution in [3.63, 3.8) is 0 Å². The number of halogens is 1. The predicted octanol–water partition coefficient (Wildman–Crippen LogP) is 2.09. The molecule has 0 unspecified atom stereocenters. The third-order valence-electron chi connectivity index (χ3n) is 2.27. The third kappa shape index (κ3) is 2.72. The van der Waals surface area contributed by atoms with Crippen LogP contribution in [0.1, 0.15) is 24.7 Å². The molecule has 15 heavy (non-hydrogen) atoms. The van der Waals surface area contributed by atoms with Gasteiger partial charge < -0.3 is 5.32 Å². The molecule has 0 bridgehead atoms. The quantitative estimate of drug-likeness (QED) is 0.804. The number of rotatable bonds is 4. The van der Waals surface area contributed by atoms with E-state index in [0.717, 1.165) is 23.6 Å². The molecule has 0 saturated heterocycles. The zero-order valence-corrected chi connectivity index (χ0v) is 10.1. The number of carbonyl (C=O) groups excluding carboxylic acids is 1. The number of nitrogens with zero attached hydrogens (tertiary/aromatic N) is 2. The van der Waals surface area contributed by atoms with E-state index in [-0.39, 0.29) is 5.91 Å². The van der Waals surface area contributed by atoms with E-state index < -0.39 is 0 Å². The van der Waals surface area contributed by atoms with Crippen LogP contribution in [-0.2, 0) is 11.3 Å². The van der Waals surface area contributed by atoms with Crippen molar-refractivity contribution in [1.29, 1.82) is 0 Å². The first-order chi connectivity index (χ1) is 7.10. The molecule has 0 atom stereocenters. The van der Waals surface area contributed by atoms with Gasteiger partial charge in [-0.3, -0.25) is 9.48 Å². The van der Waals surface area contributed by atoms with Crippen molar-refractivity contribution in [2.75, 3.05) is 11.2 Å². The molecule has 0 radical (unpaired) electrons. The van der Waals surface area contributed by atoms with Crippen molar-refractivity contribution < 1.29 is 4.79 Å². The number of hydrogen-bond donors (Lipinski definition) is 1. The van der Waals surface area contributed by atoms with Gasteiger partial charge in [0.05, 0.1) is 17.1 Å². The van der Waals surface area contributed by atoms with Crippen LogP contribution < -0.4 is 5.32 Å². The fraction of sp³-hybridized carbons (Fsp3) is 0.600. The number of alkyl halides is 1. The molecular formula is C10H16ClN3O. The molecule has 0 aliphatic rings. The van der Waals surface area contributed by atoms with Crippen LogP contribution >= 0.6 is 11.6 Å². The molecule has 0 aliphatic carbocycles. The Balaban J connectivity index is 2.85. The minimum atomic E-state index is -0.0631. The Morgan fingerprint density at radius 1 is 1.53 bits per heavy atom. The molecule has 1 amide bonds. The van der Waals surface area contributed by atoms with E-state index in [2.05, 4.69) is 10.4 Å². The Labute approximate surface area is 94.6 Å². The van der Waals surface area contributed by atoms with Crippen molar-refractivity contribution in [2.45, 2.75) is 33.7 Å². The summed E-state index contributed by atoms with van der Waals surface area (Å²) in [7, 11) is 0. The molecule has 1 aromatic heterocycles. The zero-order chi connectivity index (χ0) is 11.4. The lowest BCUT2D eigenvalue weighted by Gasteiger charge is -2.04. The molecule has 1 rings (SSSR count). The van der Waals surface area contributed by atoms with E-state index in [1.54, 1.807) is 0 Å². The first-order valence-electron chi connectivity index (χ1n) is 5.00. The Kier molecular flexibility index (Phi) is 4.15.